The molecule has 5 nitrogen and oxygen atoms in total. The fourth-order valence-electron chi connectivity index (χ4n) is 3.74. The number of hydrogen-bond acceptors (Lipinski definition) is 4. The topological polar surface area (TPSA) is 49.9 Å². The van der Waals surface area contributed by atoms with Crippen molar-refractivity contribution in [3.63, 3.8) is 0 Å². The maximum Gasteiger partial charge on any atom is 0.264 e. The Bertz CT molecular complexity index is 1140. The Morgan fingerprint density at radius 3 is 2.40 bits per heavy atom. The number of hydrogen-bond donors (Lipinski definition) is 0. The van der Waals surface area contributed by atoms with Crippen LogP contribution in [-0.4, -0.2) is 46.6 Å². The minimum Gasteiger partial charge on any atom is -0.497 e. The first-order valence-electron chi connectivity index (χ1n) is 12.0. The number of methoxy groups -OCH3 is 1. The molecule has 0 fully saturated rings. The average molecular weight is 501 g/mol. The van der Waals surface area contributed by atoms with Crippen LogP contribution in [0.4, 0.5) is 10.1 Å². The lowest BCUT2D eigenvalue weighted by Gasteiger charge is -2.28. The number of sulfonamides is 1. The molecule has 2 rings (SSSR count). The zero-order chi connectivity index (χ0) is 25.8. The summed E-state index contributed by atoms with van der Waals surface area (Å²) in [5.74, 6) is -0.00446. The summed E-state index contributed by atoms with van der Waals surface area (Å²) in [7, 11) is -2.47. The van der Waals surface area contributed by atoms with Crippen LogP contribution >= 0.6 is 0 Å². The molecule has 2 aromatic rings. The van der Waals surface area contributed by atoms with Crippen molar-refractivity contribution in [1.82, 2.24) is 4.90 Å². The fourth-order valence-corrected chi connectivity index (χ4v) is 5.30. The summed E-state index contributed by atoms with van der Waals surface area (Å²) in [6, 6.07) is 10.4. The van der Waals surface area contributed by atoms with E-state index >= 15 is 0 Å². The van der Waals surface area contributed by atoms with Crippen molar-refractivity contribution in [3.8, 4) is 5.75 Å². The SMILES string of the molecule is C=C(/C=C\C=C/C)c1cc(OC)ccc1N(CCCCN(CC)CC)S(=O)(=O)c1cccc(F)c1. The van der Waals surface area contributed by atoms with Gasteiger partial charge in [0, 0.05) is 12.1 Å². The molecule has 0 radical (unpaired) electrons. The summed E-state index contributed by atoms with van der Waals surface area (Å²) < 4.78 is 48.3. The molecule has 0 saturated carbocycles. The zero-order valence-electron chi connectivity index (χ0n) is 21.2. The van der Waals surface area contributed by atoms with E-state index in [1.807, 2.05) is 31.2 Å². The molecular formula is C28H37FN2O3S. The van der Waals surface area contributed by atoms with Gasteiger partial charge in [-0.1, -0.05) is 50.8 Å². The van der Waals surface area contributed by atoms with Gasteiger partial charge in [0.1, 0.15) is 11.6 Å². The highest BCUT2D eigenvalue weighted by molar-refractivity contribution is 7.92. The van der Waals surface area contributed by atoms with Gasteiger partial charge in [-0.2, -0.15) is 0 Å². The van der Waals surface area contributed by atoms with E-state index in [1.54, 1.807) is 25.3 Å². The van der Waals surface area contributed by atoms with Crippen molar-refractivity contribution >= 4 is 21.3 Å². The molecule has 0 saturated heterocycles. The van der Waals surface area contributed by atoms with Crippen molar-refractivity contribution in [3.05, 3.63) is 84.7 Å². The molecule has 35 heavy (non-hydrogen) atoms. The lowest BCUT2D eigenvalue weighted by Crippen LogP contribution is -2.33. The Balaban J connectivity index is 2.54. The number of nitrogens with zero attached hydrogens (tertiary/aromatic N) is 2. The Hall–Kier alpha value is -2.90. The normalized spacial score (nSPS) is 12.1. The zero-order valence-corrected chi connectivity index (χ0v) is 22.0. The second-order valence-electron chi connectivity index (χ2n) is 8.06. The third-order valence-corrected chi connectivity index (χ3v) is 7.59. The summed E-state index contributed by atoms with van der Waals surface area (Å²) >= 11 is 0. The van der Waals surface area contributed by atoms with E-state index in [0.717, 1.165) is 32.1 Å². The number of benzene rings is 2. The van der Waals surface area contributed by atoms with Gasteiger partial charge >= 0.3 is 0 Å². The van der Waals surface area contributed by atoms with Crippen LogP contribution in [0.3, 0.4) is 0 Å². The first-order chi connectivity index (χ1) is 16.8. The Kier molecular flexibility index (Phi) is 11.2. The summed E-state index contributed by atoms with van der Waals surface area (Å²) in [5, 5.41) is 0. The fraction of sp³-hybridized carbons (Fsp3) is 0.357. The van der Waals surface area contributed by atoms with Crippen LogP contribution in [0.15, 0.2) is 78.2 Å². The van der Waals surface area contributed by atoms with E-state index in [1.165, 1.54) is 22.5 Å². The number of anilines is 1. The number of halogens is 1. The molecular weight excluding hydrogens is 463 g/mol. The molecule has 0 aliphatic rings. The third kappa shape index (κ3) is 7.80. The monoisotopic (exact) mass is 500 g/mol. The first kappa shape index (κ1) is 28.3. The van der Waals surface area contributed by atoms with Crippen LogP contribution in [0.2, 0.25) is 0 Å². The first-order valence-corrected chi connectivity index (χ1v) is 13.4. The highest BCUT2D eigenvalue weighted by atomic mass is 32.2. The van der Waals surface area contributed by atoms with Crippen LogP contribution in [0.5, 0.6) is 5.75 Å². The van der Waals surface area contributed by atoms with Gasteiger partial charge in [-0.3, -0.25) is 4.31 Å². The highest BCUT2D eigenvalue weighted by Gasteiger charge is 2.27. The maximum absolute atomic E-state index is 14.0. The highest BCUT2D eigenvalue weighted by Crippen LogP contribution is 2.34. The van der Waals surface area contributed by atoms with Crippen molar-refractivity contribution < 1.29 is 17.5 Å². The van der Waals surface area contributed by atoms with Crippen molar-refractivity contribution in [2.24, 2.45) is 0 Å². The smallest absolute Gasteiger partial charge is 0.264 e. The molecule has 190 valence electrons. The van der Waals surface area contributed by atoms with Crippen LogP contribution < -0.4 is 9.04 Å². The van der Waals surface area contributed by atoms with Crippen LogP contribution in [0, 0.1) is 5.82 Å². The Morgan fingerprint density at radius 1 is 1.06 bits per heavy atom. The number of ether oxygens (including phenoxy) is 1. The van der Waals surface area contributed by atoms with E-state index in [-0.39, 0.29) is 11.4 Å². The van der Waals surface area contributed by atoms with Crippen LogP contribution in [-0.2, 0) is 10.0 Å². The van der Waals surface area contributed by atoms with E-state index in [0.29, 0.717) is 29.0 Å². The quantitative estimate of drug-likeness (QED) is 0.226. The molecule has 2 aromatic carbocycles. The maximum atomic E-state index is 14.0. The third-order valence-electron chi connectivity index (χ3n) is 5.78. The Morgan fingerprint density at radius 2 is 1.77 bits per heavy atom. The lowest BCUT2D eigenvalue weighted by atomic mass is 10.0. The minimum atomic E-state index is -4.03. The second kappa shape index (κ2) is 13.9. The van der Waals surface area contributed by atoms with E-state index < -0.39 is 15.8 Å². The predicted molar refractivity (Wildman–Crippen MR) is 144 cm³/mol. The molecule has 0 aromatic heterocycles. The molecule has 0 spiro atoms. The number of rotatable bonds is 14. The van der Waals surface area contributed by atoms with Crippen LogP contribution in [0.25, 0.3) is 5.57 Å². The van der Waals surface area contributed by atoms with Crippen molar-refractivity contribution in [1.29, 1.82) is 0 Å². The Labute approximate surface area is 210 Å². The van der Waals surface area contributed by atoms with Crippen molar-refractivity contribution in [2.75, 3.05) is 37.6 Å². The van der Waals surface area contributed by atoms with E-state index in [9.17, 15) is 12.8 Å². The molecule has 0 unspecified atom stereocenters. The standard InChI is InChI=1S/C28H37FN2O3S/c1-6-9-10-14-23(4)27-22-25(34-5)17-18-28(27)31(20-12-11-19-30(7-2)8-3)35(32,33)26-16-13-15-24(29)21-26/h6,9-10,13-18,21-22H,4,7-8,11-12,19-20H2,1-3,5H3/b9-6-,14-10-. The number of allylic oxidation sites excluding steroid dienone is 5. The van der Waals surface area contributed by atoms with Crippen molar-refractivity contribution in [2.45, 2.75) is 38.5 Å². The lowest BCUT2D eigenvalue weighted by molar-refractivity contribution is 0.298. The minimum absolute atomic E-state index is 0.0851. The van der Waals surface area contributed by atoms with E-state index in [4.69, 9.17) is 4.74 Å². The molecule has 7 heteroatoms. The van der Waals surface area contributed by atoms with Gasteiger partial charge < -0.3 is 9.64 Å². The summed E-state index contributed by atoms with van der Waals surface area (Å²) in [4.78, 5) is 2.22. The largest absolute Gasteiger partial charge is 0.497 e. The number of unbranched alkanes of at least 4 members (excludes halogenated alkanes) is 1. The molecule has 0 amide bonds. The molecule has 0 heterocycles. The van der Waals surface area contributed by atoms with Gasteiger partial charge in [-0.25, -0.2) is 12.8 Å². The molecule has 0 aliphatic carbocycles. The van der Waals surface area contributed by atoms with Gasteiger partial charge in [0.15, 0.2) is 0 Å². The summed E-state index contributed by atoms with van der Waals surface area (Å²) in [6.45, 7) is 13.3. The molecule has 0 atom stereocenters. The predicted octanol–water partition coefficient (Wildman–Crippen LogP) is 6.30. The average Bonchev–Trinajstić information content (AvgIpc) is 2.86. The van der Waals surface area contributed by atoms with Gasteiger partial charge in [0.05, 0.1) is 17.7 Å². The van der Waals surface area contributed by atoms with Crippen LogP contribution in [0.1, 0.15) is 39.2 Å². The molecule has 0 bridgehead atoms. The second-order valence-corrected chi connectivity index (χ2v) is 9.92. The summed E-state index contributed by atoms with van der Waals surface area (Å²) in [5.41, 5.74) is 1.75. The van der Waals surface area contributed by atoms with Gasteiger partial charge in [-0.05, 0) is 81.4 Å². The summed E-state index contributed by atoms with van der Waals surface area (Å²) in [6.07, 6.45) is 8.93. The molecule has 0 aliphatic heterocycles. The molecule has 0 N–H and O–H groups in total. The van der Waals surface area contributed by atoms with Gasteiger partial charge in [0.25, 0.3) is 10.0 Å². The van der Waals surface area contributed by atoms with Gasteiger partial charge in [0.2, 0.25) is 0 Å². The van der Waals surface area contributed by atoms with Gasteiger partial charge in [-0.15, -0.1) is 0 Å². The van der Waals surface area contributed by atoms with E-state index in [2.05, 4.69) is 25.3 Å².